The molecule has 1 aliphatic carbocycles. The van der Waals surface area contributed by atoms with E-state index in [9.17, 15) is 4.79 Å². The summed E-state index contributed by atoms with van der Waals surface area (Å²) in [7, 11) is 0. The zero-order chi connectivity index (χ0) is 13.1. The van der Waals surface area contributed by atoms with Crippen LogP contribution >= 0.6 is 23.2 Å². The first-order valence-electron chi connectivity index (χ1n) is 5.96. The van der Waals surface area contributed by atoms with E-state index in [4.69, 9.17) is 28.3 Å². The lowest BCUT2D eigenvalue weighted by atomic mass is 10.1. The van der Waals surface area contributed by atoms with Crippen molar-refractivity contribution in [3.05, 3.63) is 33.8 Å². The van der Waals surface area contributed by atoms with Crippen LogP contribution in [0.1, 0.15) is 18.4 Å². The number of hydrogen-bond acceptors (Lipinski definition) is 2. The molecule has 0 aliphatic heterocycles. The predicted molar refractivity (Wildman–Crippen MR) is 72.0 cm³/mol. The number of carbonyl (C=O) groups excluding carboxylic acids is 1. The molecule has 1 amide bonds. The van der Waals surface area contributed by atoms with Gasteiger partial charge in [0.2, 0.25) is 5.91 Å². The highest BCUT2D eigenvalue weighted by atomic mass is 35.5. The molecule has 18 heavy (non-hydrogen) atoms. The molecular weight excluding hydrogens is 273 g/mol. The molecule has 1 aromatic carbocycles. The van der Waals surface area contributed by atoms with Crippen LogP contribution in [0.2, 0.25) is 10.0 Å². The van der Waals surface area contributed by atoms with Gasteiger partial charge in [-0.05, 0) is 30.5 Å². The van der Waals surface area contributed by atoms with E-state index in [1.54, 1.807) is 23.1 Å². The highest BCUT2D eigenvalue weighted by molar-refractivity contribution is 6.35. The van der Waals surface area contributed by atoms with E-state index < -0.39 is 0 Å². The lowest BCUT2D eigenvalue weighted by Gasteiger charge is -2.21. The van der Waals surface area contributed by atoms with E-state index in [0.29, 0.717) is 22.6 Å². The molecule has 5 heteroatoms. The van der Waals surface area contributed by atoms with Gasteiger partial charge in [-0.15, -0.1) is 0 Å². The molecule has 1 N–H and O–H groups in total. The molecular formula is C13H15Cl2NO2. The molecule has 1 aliphatic rings. The Balaban J connectivity index is 2.05. The number of aliphatic hydroxyl groups is 1. The molecule has 0 unspecified atom stereocenters. The van der Waals surface area contributed by atoms with Crippen LogP contribution in [0.4, 0.5) is 0 Å². The summed E-state index contributed by atoms with van der Waals surface area (Å²) >= 11 is 11.9. The van der Waals surface area contributed by atoms with E-state index in [1.165, 1.54) is 0 Å². The highest BCUT2D eigenvalue weighted by Crippen LogP contribution is 2.28. The fourth-order valence-corrected chi connectivity index (χ4v) is 2.41. The average Bonchev–Trinajstić information content (AvgIpc) is 3.13. The molecule has 2 rings (SSSR count). The van der Waals surface area contributed by atoms with Gasteiger partial charge in [0.25, 0.3) is 0 Å². The summed E-state index contributed by atoms with van der Waals surface area (Å²) < 4.78 is 0. The number of halogens is 2. The van der Waals surface area contributed by atoms with Gasteiger partial charge in [0.1, 0.15) is 0 Å². The zero-order valence-electron chi connectivity index (χ0n) is 9.90. The Bertz CT molecular complexity index is 447. The van der Waals surface area contributed by atoms with Crippen LogP contribution in [0, 0.1) is 0 Å². The molecule has 0 saturated heterocycles. The first kappa shape index (κ1) is 13.7. The van der Waals surface area contributed by atoms with Crippen molar-refractivity contribution in [2.75, 3.05) is 13.2 Å². The SMILES string of the molecule is O=C(Cc1ccc(Cl)cc1Cl)N(CCO)C1CC1. The van der Waals surface area contributed by atoms with E-state index >= 15 is 0 Å². The Labute approximate surface area is 116 Å². The second kappa shape index (κ2) is 5.91. The Morgan fingerprint density at radius 1 is 1.39 bits per heavy atom. The molecule has 0 aromatic heterocycles. The second-order valence-electron chi connectivity index (χ2n) is 4.45. The van der Waals surface area contributed by atoms with Crippen LogP contribution in [-0.2, 0) is 11.2 Å². The smallest absolute Gasteiger partial charge is 0.227 e. The third-order valence-electron chi connectivity index (χ3n) is 3.01. The highest BCUT2D eigenvalue weighted by Gasteiger charge is 2.32. The molecule has 0 radical (unpaired) electrons. The van der Waals surface area contributed by atoms with Gasteiger partial charge in [0, 0.05) is 22.6 Å². The third kappa shape index (κ3) is 3.37. The van der Waals surface area contributed by atoms with Gasteiger partial charge in [-0.1, -0.05) is 29.3 Å². The van der Waals surface area contributed by atoms with Gasteiger partial charge in [-0.25, -0.2) is 0 Å². The summed E-state index contributed by atoms with van der Waals surface area (Å²) in [6, 6.07) is 5.44. The van der Waals surface area contributed by atoms with Crippen molar-refractivity contribution in [2.24, 2.45) is 0 Å². The summed E-state index contributed by atoms with van der Waals surface area (Å²) in [6.45, 7) is 0.394. The molecule has 3 nitrogen and oxygen atoms in total. The maximum absolute atomic E-state index is 12.1. The van der Waals surface area contributed by atoms with Crippen molar-refractivity contribution in [2.45, 2.75) is 25.3 Å². The number of amides is 1. The molecule has 98 valence electrons. The van der Waals surface area contributed by atoms with E-state index in [0.717, 1.165) is 18.4 Å². The van der Waals surface area contributed by atoms with Crippen LogP contribution in [0.15, 0.2) is 18.2 Å². The van der Waals surface area contributed by atoms with Gasteiger partial charge in [-0.3, -0.25) is 4.79 Å². The van der Waals surface area contributed by atoms with Crippen molar-refractivity contribution < 1.29 is 9.90 Å². The molecule has 0 atom stereocenters. The average molecular weight is 288 g/mol. The predicted octanol–water partition coefficient (Wildman–Crippen LogP) is 2.52. The number of rotatable bonds is 5. The van der Waals surface area contributed by atoms with Crippen molar-refractivity contribution in [3.8, 4) is 0 Å². The minimum Gasteiger partial charge on any atom is -0.395 e. The summed E-state index contributed by atoms with van der Waals surface area (Å²) in [5.74, 6) is 0.00997. The van der Waals surface area contributed by atoms with Gasteiger partial charge in [-0.2, -0.15) is 0 Å². The van der Waals surface area contributed by atoms with Gasteiger partial charge >= 0.3 is 0 Å². The maximum Gasteiger partial charge on any atom is 0.227 e. The lowest BCUT2D eigenvalue weighted by Crippen LogP contribution is -2.36. The standard InChI is InChI=1S/C13H15Cl2NO2/c14-10-2-1-9(12(15)8-10)7-13(18)16(5-6-17)11-3-4-11/h1-2,8,11,17H,3-7H2. The topological polar surface area (TPSA) is 40.5 Å². The van der Waals surface area contributed by atoms with E-state index in [-0.39, 0.29) is 18.9 Å². The summed E-state index contributed by atoms with van der Waals surface area (Å²) in [4.78, 5) is 13.9. The minimum absolute atomic E-state index is 0.00338. The minimum atomic E-state index is -0.00338. The Morgan fingerprint density at radius 3 is 2.67 bits per heavy atom. The Kier molecular flexibility index (Phi) is 4.49. The van der Waals surface area contributed by atoms with Gasteiger partial charge in [0.15, 0.2) is 0 Å². The maximum atomic E-state index is 12.1. The second-order valence-corrected chi connectivity index (χ2v) is 5.30. The lowest BCUT2D eigenvalue weighted by molar-refractivity contribution is -0.131. The monoisotopic (exact) mass is 287 g/mol. The number of nitrogens with zero attached hydrogens (tertiary/aromatic N) is 1. The molecule has 0 spiro atoms. The summed E-state index contributed by atoms with van der Waals surface area (Å²) in [5, 5.41) is 10.1. The largest absolute Gasteiger partial charge is 0.395 e. The normalized spacial score (nSPS) is 14.6. The van der Waals surface area contributed by atoms with E-state index in [1.807, 2.05) is 0 Å². The Morgan fingerprint density at radius 2 is 2.11 bits per heavy atom. The van der Waals surface area contributed by atoms with Gasteiger partial charge in [0.05, 0.1) is 13.0 Å². The molecule has 0 heterocycles. The van der Waals surface area contributed by atoms with Crippen LogP contribution in [-0.4, -0.2) is 35.1 Å². The number of hydrogen-bond donors (Lipinski definition) is 1. The molecule has 0 bridgehead atoms. The first-order valence-corrected chi connectivity index (χ1v) is 6.71. The fourth-order valence-electron chi connectivity index (χ4n) is 1.93. The zero-order valence-corrected chi connectivity index (χ0v) is 11.4. The van der Waals surface area contributed by atoms with E-state index in [2.05, 4.69) is 0 Å². The quantitative estimate of drug-likeness (QED) is 0.904. The summed E-state index contributed by atoms with van der Waals surface area (Å²) in [5.41, 5.74) is 0.773. The van der Waals surface area contributed by atoms with Crippen molar-refractivity contribution >= 4 is 29.1 Å². The summed E-state index contributed by atoms with van der Waals surface area (Å²) in [6.07, 6.45) is 2.31. The van der Waals surface area contributed by atoms with Crippen molar-refractivity contribution in [1.29, 1.82) is 0 Å². The van der Waals surface area contributed by atoms with Crippen molar-refractivity contribution in [1.82, 2.24) is 4.90 Å². The van der Waals surface area contributed by atoms with Gasteiger partial charge < -0.3 is 10.0 Å². The molecule has 1 saturated carbocycles. The fraction of sp³-hybridized carbons (Fsp3) is 0.462. The number of aliphatic hydroxyl groups excluding tert-OH is 1. The Hall–Kier alpha value is -0.770. The van der Waals surface area contributed by atoms with Crippen LogP contribution in [0.5, 0.6) is 0 Å². The van der Waals surface area contributed by atoms with Crippen LogP contribution in [0.3, 0.4) is 0 Å². The number of benzene rings is 1. The number of carbonyl (C=O) groups is 1. The van der Waals surface area contributed by atoms with Crippen LogP contribution < -0.4 is 0 Å². The van der Waals surface area contributed by atoms with Crippen molar-refractivity contribution in [3.63, 3.8) is 0 Å². The first-order chi connectivity index (χ1) is 8.61. The molecule has 1 fully saturated rings. The third-order valence-corrected chi connectivity index (χ3v) is 3.59. The molecule has 1 aromatic rings. The van der Waals surface area contributed by atoms with Crippen LogP contribution in [0.25, 0.3) is 0 Å².